The number of anilines is 1. The van der Waals surface area contributed by atoms with Gasteiger partial charge in [-0.05, 0) is 36.6 Å². The second kappa shape index (κ2) is 4.52. The molecule has 1 saturated heterocycles. The van der Waals surface area contributed by atoms with E-state index in [1.54, 1.807) is 6.07 Å². The highest BCUT2D eigenvalue weighted by atomic mass is 35.5. The number of halogens is 2. The highest BCUT2D eigenvalue weighted by Crippen LogP contribution is 2.33. The van der Waals surface area contributed by atoms with Crippen molar-refractivity contribution in [2.45, 2.75) is 25.0 Å². The minimum atomic E-state index is 0.329. The Labute approximate surface area is 111 Å². The molecule has 2 aliphatic rings. The van der Waals surface area contributed by atoms with Crippen molar-refractivity contribution in [3.63, 3.8) is 0 Å². The normalized spacial score (nSPS) is 26.1. The van der Waals surface area contributed by atoms with Crippen LogP contribution in [0.15, 0.2) is 29.8 Å². The van der Waals surface area contributed by atoms with Crippen LogP contribution in [0.3, 0.4) is 0 Å². The van der Waals surface area contributed by atoms with Gasteiger partial charge in [-0.2, -0.15) is 0 Å². The molecule has 0 spiro atoms. The van der Waals surface area contributed by atoms with Gasteiger partial charge in [0.2, 0.25) is 0 Å². The quantitative estimate of drug-likeness (QED) is 0.841. The molecule has 17 heavy (non-hydrogen) atoms. The van der Waals surface area contributed by atoms with E-state index in [2.05, 4.69) is 11.4 Å². The van der Waals surface area contributed by atoms with Crippen molar-refractivity contribution in [3.8, 4) is 0 Å². The lowest BCUT2D eigenvalue weighted by Gasteiger charge is -2.13. The van der Waals surface area contributed by atoms with Crippen LogP contribution in [0.5, 0.6) is 0 Å². The van der Waals surface area contributed by atoms with E-state index in [9.17, 15) is 0 Å². The first-order chi connectivity index (χ1) is 8.22. The summed E-state index contributed by atoms with van der Waals surface area (Å²) in [4.78, 5) is 0. The third-order valence-corrected chi connectivity index (χ3v) is 4.02. The lowest BCUT2D eigenvalue weighted by molar-refractivity contribution is 0.116. The Hall–Kier alpha value is -0.700. The van der Waals surface area contributed by atoms with Gasteiger partial charge in [-0.3, -0.25) is 0 Å². The summed E-state index contributed by atoms with van der Waals surface area (Å²) in [6.07, 6.45) is 5.24. The molecular weight excluding hydrogens is 257 g/mol. The molecule has 1 aromatic carbocycles. The van der Waals surface area contributed by atoms with Gasteiger partial charge in [0.25, 0.3) is 0 Å². The van der Waals surface area contributed by atoms with Crippen molar-refractivity contribution in [1.29, 1.82) is 0 Å². The van der Waals surface area contributed by atoms with Crippen LogP contribution in [0, 0.1) is 0 Å². The zero-order valence-corrected chi connectivity index (χ0v) is 10.8. The Bertz CT molecular complexity index is 472. The molecule has 2 nitrogen and oxygen atoms in total. The minimum absolute atomic E-state index is 0.329. The number of ether oxygens (including phenoxy) is 1. The first-order valence-electron chi connectivity index (χ1n) is 5.77. The second-order valence-electron chi connectivity index (χ2n) is 4.46. The first kappa shape index (κ1) is 11.4. The maximum atomic E-state index is 5.96. The van der Waals surface area contributed by atoms with Gasteiger partial charge in [0.05, 0.1) is 22.3 Å². The van der Waals surface area contributed by atoms with E-state index in [1.165, 1.54) is 12.0 Å². The van der Waals surface area contributed by atoms with Crippen molar-refractivity contribution >= 4 is 28.9 Å². The standard InChI is InChI=1S/C13H13Cl2NO/c14-11-3-1-9(6-12(11)15)16-7-8-5-10-2-4-13(8)17-10/h1,3,5-6,10,13,16H,2,4,7H2. The molecule has 0 amide bonds. The summed E-state index contributed by atoms with van der Waals surface area (Å²) in [6.45, 7) is 0.819. The fraction of sp³-hybridized carbons (Fsp3) is 0.385. The van der Waals surface area contributed by atoms with Crippen molar-refractivity contribution in [1.82, 2.24) is 0 Å². The van der Waals surface area contributed by atoms with Crippen LogP contribution in [0.4, 0.5) is 5.69 Å². The van der Waals surface area contributed by atoms with E-state index < -0.39 is 0 Å². The number of fused-ring (bicyclic) bond motifs is 2. The highest BCUT2D eigenvalue weighted by Gasteiger charge is 2.33. The minimum Gasteiger partial charge on any atom is -0.381 e. The van der Waals surface area contributed by atoms with E-state index in [1.807, 2.05) is 12.1 Å². The fourth-order valence-corrected chi connectivity index (χ4v) is 2.69. The summed E-state index contributed by atoms with van der Waals surface area (Å²) < 4.78 is 5.74. The highest BCUT2D eigenvalue weighted by molar-refractivity contribution is 6.42. The Morgan fingerprint density at radius 2 is 2.12 bits per heavy atom. The van der Waals surface area contributed by atoms with Gasteiger partial charge >= 0.3 is 0 Å². The predicted molar refractivity (Wildman–Crippen MR) is 70.9 cm³/mol. The van der Waals surface area contributed by atoms with Crippen molar-refractivity contribution in [3.05, 3.63) is 39.9 Å². The molecule has 3 rings (SSSR count). The Morgan fingerprint density at radius 3 is 2.76 bits per heavy atom. The molecule has 4 heteroatoms. The molecule has 0 aromatic heterocycles. The number of nitrogens with one attached hydrogen (secondary N) is 1. The number of hydrogen-bond donors (Lipinski definition) is 1. The van der Waals surface area contributed by atoms with Gasteiger partial charge < -0.3 is 10.1 Å². The van der Waals surface area contributed by atoms with Crippen LogP contribution >= 0.6 is 23.2 Å². The van der Waals surface area contributed by atoms with E-state index in [-0.39, 0.29) is 0 Å². The zero-order chi connectivity index (χ0) is 11.8. The third kappa shape index (κ3) is 2.30. The summed E-state index contributed by atoms with van der Waals surface area (Å²) in [5.74, 6) is 0. The van der Waals surface area contributed by atoms with Gasteiger partial charge in [-0.1, -0.05) is 29.3 Å². The Morgan fingerprint density at radius 1 is 1.24 bits per heavy atom. The maximum absolute atomic E-state index is 5.96. The molecule has 1 fully saturated rings. The van der Waals surface area contributed by atoms with E-state index in [0.717, 1.165) is 18.7 Å². The van der Waals surface area contributed by atoms with Crippen LogP contribution in [0.2, 0.25) is 10.0 Å². The summed E-state index contributed by atoms with van der Waals surface area (Å²) in [5, 5.41) is 4.51. The number of benzene rings is 1. The van der Waals surface area contributed by atoms with Crippen LogP contribution in [0.1, 0.15) is 12.8 Å². The molecule has 2 atom stereocenters. The maximum Gasteiger partial charge on any atom is 0.0812 e. The predicted octanol–water partition coefficient (Wildman–Crippen LogP) is 3.89. The van der Waals surface area contributed by atoms with Gasteiger partial charge in [0.1, 0.15) is 0 Å². The molecule has 0 saturated carbocycles. The summed E-state index contributed by atoms with van der Waals surface area (Å²) in [5.41, 5.74) is 2.34. The second-order valence-corrected chi connectivity index (χ2v) is 5.28. The van der Waals surface area contributed by atoms with Crippen LogP contribution in [-0.2, 0) is 4.74 Å². The molecule has 0 aliphatic carbocycles. The fourth-order valence-electron chi connectivity index (χ4n) is 2.39. The van der Waals surface area contributed by atoms with Crippen molar-refractivity contribution in [2.75, 3.05) is 11.9 Å². The van der Waals surface area contributed by atoms with Gasteiger partial charge in [-0.15, -0.1) is 0 Å². The van der Waals surface area contributed by atoms with Crippen molar-refractivity contribution in [2.24, 2.45) is 0 Å². The molecule has 2 aliphatic heterocycles. The molecule has 1 aromatic rings. The van der Waals surface area contributed by atoms with Gasteiger partial charge in [-0.25, -0.2) is 0 Å². The van der Waals surface area contributed by atoms with Crippen LogP contribution in [0.25, 0.3) is 0 Å². The number of rotatable bonds is 3. The summed E-state index contributed by atoms with van der Waals surface area (Å²) >= 11 is 11.8. The summed E-state index contributed by atoms with van der Waals surface area (Å²) in [6, 6.07) is 5.58. The monoisotopic (exact) mass is 269 g/mol. The van der Waals surface area contributed by atoms with Crippen LogP contribution < -0.4 is 5.32 Å². The van der Waals surface area contributed by atoms with Crippen LogP contribution in [-0.4, -0.2) is 18.8 Å². The third-order valence-electron chi connectivity index (χ3n) is 3.28. The molecule has 0 radical (unpaired) electrons. The molecular formula is C13H13Cl2NO. The van der Waals surface area contributed by atoms with E-state index in [4.69, 9.17) is 27.9 Å². The average Bonchev–Trinajstić information content (AvgIpc) is 2.92. The average molecular weight is 270 g/mol. The zero-order valence-electron chi connectivity index (χ0n) is 9.25. The Balaban J connectivity index is 1.64. The molecule has 1 N–H and O–H groups in total. The molecule has 90 valence electrons. The van der Waals surface area contributed by atoms with Gasteiger partial charge in [0, 0.05) is 12.2 Å². The number of hydrogen-bond acceptors (Lipinski definition) is 2. The largest absolute Gasteiger partial charge is 0.381 e. The van der Waals surface area contributed by atoms with Gasteiger partial charge in [0.15, 0.2) is 0 Å². The summed E-state index contributed by atoms with van der Waals surface area (Å²) in [7, 11) is 0. The lowest BCUT2D eigenvalue weighted by atomic mass is 9.99. The molecule has 2 bridgehead atoms. The smallest absolute Gasteiger partial charge is 0.0812 e. The SMILES string of the molecule is Clc1ccc(NCC2=CC3CCC2O3)cc1Cl. The van der Waals surface area contributed by atoms with E-state index in [0.29, 0.717) is 22.3 Å². The Kier molecular flexibility index (Phi) is 3.03. The molecule has 2 heterocycles. The molecule has 2 unspecified atom stereocenters. The van der Waals surface area contributed by atoms with E-state index >= 15 is 0 Å². The van der Waals surface area contributed by atoms with Crippen molar-refractivity contribution < 1.29 is 4.74 Å². The topological polar surface area (TPSA) is 21.3 Å². The first-order valence-corrected chi connectivity index (χ1v) is 6.53. The lowest BCUT2D eigenvalue weighted by Crippen LogP contribution is -2.14.